The first-order chi connectivity index (χ1) is 12.0. The van der Waals surface area contributed by atoms with Gasteiger partial charge in [0.2, 0.25) is 0 Å². The summed E-state index contributed by atoms with van der Waals surface area (Å²) in [6.07, 6.45) is -0.659. The Morgan fingerprint density at radius 3 is 2.60 bits per heavy atom. The molecule has 1 saturated heterocycles. The lowest BCUT2D eigenvalue weighted by Crippen LogP contribution is -2.33. The summed E-state index contributed by atoms with van der Waals surface area (Å²) in [5.74, 6) is 0.633. The van der Waals surface area contributed by atoms with Crippen LogP contribution in [0.15, 0.2) is 6.33 Å². The first-order valence-electron chi connectivity index (χ1n) is 8.29. The van der Waals surface area contributed by atoms with E-state index in [1.54, 1.807) is 4.57 Å². The van der Waals surface area contributed by atoms with E-state index >= 15 is 0 Å². The predicted molar refractivity (Wildman–Crippen MR) is 99.0 cm³/mol. The molecule has 0 aromatic carbocycles. The van der Waals surface area contributed by atoms with Gasteiger partial charge >= 0.3 is 0 Å². The molecule has 0 saturated carbocycles. The van der Waals surface area contributed by atoms with Crippen molar-refractivity contribution in [3.05, 3.63) is 10.2 Å². The van der Waals surface area contributed by atoms with Gasteiger partial charge in [0.15, 0.2) is 27.0 Å². The van der Waals surface area contributed by atoms with Gasteiger partial charge in [-0.3, -0.25) is 4.57 Å². The third-order valence-corrected chi connectivity index (χ3v) is 4.99. The SMILES string of the molecule is CCC(CC)Nc1nc(I)nc2c1ncn2[C@@H]1O[C@H](CO)C(O)[C@@H]1O. The summed E-state index contributed by atoms with van der Waals surface area (Å²) in [6, 6.07) is 0.271. The summed E-state index contributed by atoms with van der Waals surface area (Å²) in [5.41, 5.74) is 1.08. The second-order valence-electron chi connectivity index (χ2n) is 6.05. The number of rotatable bonds is 6. The Morgan fingerprint density at radius 1 is 1.28 bits per heavy atom. The lowest BCUT2D eigenvalue weighted by Gasteiger charge is -2.18. The lowest BCUT2D eigenvalue weighted by atomic mass is 10.1. The van der Waals surface area contributed by atoms with Crippen LogP contribution in [0.5, 0.6) is 0 Å². The molecule has 3 heterocycles. The van der Waals surface area contributed by atoms with Gasteiger partial charge in [-0.15, -0.1) is 0 Å². The standard InChI is InChI=1S/C15H22IN5O4/c1-3-7(4-2)18-12-9-13(20-15(16)19-12)21(6-17-9)14-11(24)10(23)8(5-22)25-14/h6-8,10-11,14,22-24H,3-5H2,1-2H3,(H,18,19,20)/t8-,10?,11+,14-/m1/s1. The fraction of sp³-hybridized carbons (Fsp3) is 0.667. The van der Waals surface area contributed by atoms with Crippen LogP contribution in [0.3, 0.4) is 0 Å². The number of halogens is 1. The number of imidazole rings is 1. The van der Waals surface area contributed by atoms with Gasteiger partial charge in [-0.05, 0) is 12.8 Å². The van der Waals surface area contributed by atoms with Gasteiger partial charge in [0.1, 0.15) is 18.3 Å². The van der Waals surface area contributed by atoms with E-state index in [-0.39, 0.29) is 12.6 Å². The van der Waals surface area contributed by atoms with E-state index in [2.05, 4.69) is 34.1 Å². The third-order valence-electron chi connectivity index (χ3n) is 4.51. The van der Waals surface area contributed by atoms with Crippen molar-refractivity contribution in [3.8, 4) is 0 Å². The first kappa shape index (κ1) is 18.7. The summed E-state index contributed by atoms with van der Waals surface area (Å²) in [5, 5.41) is 32.9. The van der Waals surface area contributed by atoms with E-state index in [0.717, 1.165) is 12.8 Å². The minimum Gasteiger partial charge on any atom is -0.394 e. The van der Waals surface area contributed by atoms with Crippen LogP contribution in [-0.4, -0.2) is 65.8 Å². The van der Waals surface area contributed by atoms with E-state index in [4.69, 9.17) is 4.74 Å². The molecular weight excluding hydrogens is 441 g/mol. The molecule has 0 spiro atoms. The minimum absolute atomic E-state index is 0.271. The number of aliphatic hydroxyl groups excluding tert-OH is 3. The highest BCUT2D eigenvalue weighted by Crippen LogP contribution is 2.32. The van der Waals surface area contributed by atoms with Crippen molar-refractivity contribution in [1.82, 2.24) is 19.5 Å². The number of aromatic nitrogens is 4. The highest BCUT2D eigenvalue weighted by atomic mass is 127. The summed E-state index contributed by atoms with van der Waals surface area (Å²) in [7, 11) is 0. The molecule has 1 aliphatic heterocycles. The fourth-order valence-corrected chi connectivity index (χ4v) is 3.44. The van der Waals surface area contributed by atoms with Crippen LogP contribution >= 0.6 is 22.6 Å². The number of anilines is 1. The number of fused-ring (bicyclic) bond motifs is 1. The Balaban J connectivity index is 2.00. The summed E-state index contributed by atoms with van der Waals surface area (Å²) < 4.78 is 7.69. The maximum atomic E-state index is 10.3. The van der Waals surface area contributed by atoms with E-state index in [1.165, 1.54) is 6.33 Å². The van der Waals surface area contributed by atoms with Crippen molar-refractivity contribution in [2.45, 2.75) is 57.3 Å². The Bertz CT molecular complexity index is 738. The highest BCUT2D eigenvalue weighted by molar-refractivity contribution is 14.1. The van der Waals surface area contributed by atoms with Crippen LogP contribution < -0.4 is 5.32 Å². The molecule has 10 heteroatoms. The summed E-state index contributed by atoms with van der Waals surface area (Å²) in [6.45, 7) is 3.82. The number of hydrogen-bond donors (Lipinski definition) is 4. The van der Waals surface area contributed by atoms with E-state index < -0.39 is 24.5 Å². The van der Waals surface area contributed by atoms with Crippen molar-refractivity contribution in [3.63, 3.8) is 0 Å². The van der Waals surface area contributed by atoms with Gasteiger partial charge in [0.05, 0.1) is 12.9 Å². The van der Waals surface area contributed by atoms with Gasteiger partial charge in [0, 0.05) is 28.6 Å². The molecule has 4 N–H and O–H groups in total. The Labute approximate surface area is 158 Å². The van der Waals surface area contributed by atoms with Crippen LogP contribution in [0.25, 0.3) is 11.2 Å². The lowest BCUT2D eigenvalue weighted by molar-refractivity contribution is -0.0511. The second-order valence-corrected chi connectivity index (χ2v) is 7.02. The van der Waals surface area contributed by atoms with Gasteiger partial charge in [-0.25, -0.2) is 15.0 Å². The molecule has 9 nitrogen and oxygen atoms in total. The summed E-state index contributed by atoms with van der Waals surface area (Å²) in [4.78, 5) is 13.2. The molecule has 2 aromatic rings. The molecule has 4 atom stereocenters. The van der Waals surface area contributed by atoms with Gasteiger partial charge in [-0.2, -0.15) is 0 Å². The largest absolute Gasteiger partial charge is 0.394 e. The molecule has 1 aliphatic rings. The number of nitrogens with zero attached hydrogens (tertiary/aromatic N) is 4. The maximum Gasteiger partial charge on any atom is 0.194 e. The first-order valence-corrected chi connectivity index (χ1v) is 9.37. The van der Waals surface area contributed by atoms with E-state index in [1.807, 2.05) is 22.6 Å². The molecule has 0 aliphatic carbocycles. The third kappa shape index (κ3) is 3.45. The van der Waals surface area contributed by atoms with E-state index in [9.17, 15) is 15.3 Å². The molecule has 0 bridgehead atoms. The molecule has 25 heavy (non-hydrogen) atoms. The average Bonchev–Trinajstić information content (AvgIpc) is 3.14. The zero-order valence-corrected chi connectivity index (χ0v) is 16.2. The molecule has 1 unspecified atom stereocenters. The van der Waals surface area contributed by atoms with Gasteiger partial charge in [0.25, 0.3) is 0 Å². The zero-order valence-electron chi connectivity index (χ0n) is 14.0. The highest BCUT2D eigenvalue weighted by Gasteiger charge is 2.44. The minimum atomic E-state index is -1.18. The average molecular weight is 463 g/mol. The smallest absolute Gasteiger partial charge is 0.194 e. The van der Waals surface area contributed by atoms with Crippen molar-refractivity contribution >= 4 is 39.6 Å². The fourth-order valence-electron chi connectivity index (χ4n) is 2.97. The Hall–Kier alpha value is -1.08. The second kappa shape index (κ2) is 7.66. The quantitative estimate of drug-likeness (QED) is 0.364. The zero-order chi connectivity index (χ0) is 18.1. The van der Waals surface area contributed by atoms with Crippen molar-refractivity contribution in [2.75, 3.05) is 11.9 Å². The van der Waals surface area contributed by atoms with Crippen molar-refractivity contribution in [1.29, 1.82) is 0 Å². The normalized spacial score (nSPS) is 26.7. The van der Waals surface area contributed by atoms with E-state index in [0.29, 0.717) is 20.8 Å². The number of nitrogens with one attached hydrogen (secondary N) is 1. The molecule has 1 fully saturated rings. The van der Waals surface area contributed by atoms with Crippen LogP contribution in [0.1, 0.15) is 32.9 Å². The van der Waals surface area contributed by atoms with Crippen LogP contribution in [0, 0.1) is 3.83 Å². The van der Waals surface area contributed by atoms with Crippen LogP contribution in [0.4, 0.5) is 5.82 Å². The number of hydrogen-bond acceptors (Lipinski definition) is 8. The molecule has 2 aromatic heterocycles. The van der Waals surface area contributed by atoms with Crippen molar-refractivity contribution < 1.29 is 20.1 Å². The molecule has 0 amide bonds. The monoisotopic (exact) mass is 463 g/mol. The number of aliphatic hydroxyl groups is 3. The Kier molecular flexibility index (Phi) is 5.73. The van der Waals surface area contributed by atoms with Crippen LogP contribution in [-0.2, 0) is 4.74 Å². The topological polar surface area (TPSA) is 126 Å². The Morgan fingerprint density at radius 2 is 2.00 bits per heavy atom. The van der Waals surface area contributed by atoms with Crippen molar-refractivity contribution in [2.24, 2.45) is 0 Å². The summed E-state index contributed by atoms with van der Waals surface area (Å²) >= 11 is 2.03. The molecule has 3 rings (SSSR count). The van der Waals surface area contributed by atoms with Gasteiger partial charge < -0.3 is 25.4 Å². The molecule has 0 radical (unpaired) electrons. The molecule has 138 valence electrons. The molecular formula is C15H22IN5O4. The predicted octanol–water partition coefficient (Wildman–Crippen LogP) is 0.643. The van der Waals surface area contributed by atoms with Crippen LogP contribution in [0.2, 0.25) is 0 Å². The maximum absolute atomic E-state index is 10.3. The number of ether oxygens (including phenoxy) is 1. The van der Waals surface area contributed by atoms with Gasteiger partial charge in [-0.1, -0.05) is 13.8 Å².